The first-order valence-corrected chi connectivity index (χ1v) is 4.69. The van der Waals surface area contributed by atoms with Gasteiger partial charge in [0.15, 0.2) is 5.65 Å². The van der Waals surface area contributed by atoms with Crippen LogP contribution in [0.15, 0.2) is 18.3 Å². The molecular formula is C9H9F3N4O. The van der Waals surface area contributed by atoms with Gasteiger partial charge in [-0.2, -0.15) is 22.8 Å². The fourth-order valence-corrected chi connectivity index (χ4v) is 1.34. The molecule has 8 heteroatoms. The van der Waals surface area contributed by atoms with Crippen LogP contribution >= 0.6 is 0 Å². The zero-order valence-corrected chi connectivity index (χ0v) is 8.61. The summed E-state index contributed by atoms with van der Waals surface area (Å²) in [4.78, 5) is 4.04. The first-order valence-electron chi connectivity index (χ1n) is 4.69. The summed E-state index contributed by atoms with van der Waals surface area (Å²) in [5.41, 5.74) is 6.44. The molecule has 0 radical (unpaired) electrons. The second kappa shape index (κ2) is 4.21. The third-order valence-corrected chi connectivity index (χ3v) is 1.96. The topological polar surface area (TPSA) is 65.4 Å². The fourth-order valence-electron chi connectivity index (χ4n) is 1.34. The maximum absolute atomic E-state index is 11.9. The van der Waals surface area contributed by atoms with Crippen molar-refractivity contribution in [2.24, 2.45) is 0 Å². The van der Waals surface area contributed by atoms with Crippen LogP contribution in [0.3, 0.4) is 0 Å². The molecule has 2 aromatic rings. The largest absolute Gasteiger partial charge is 0.411 e. The van der Waals surface area contributed by atoms with Crippen molar-refractivity contribution in [2.45, 2.75) is 12.8 Å². The lowest BCUT2D eigenvalue weighted by Gasteiger charge is -2.08. The van der Waals surface area contributed by atoms with Gasteiger partial charge in [-0.1, -0.05) is 0 Å². The Morgan fingerprint density at radius 1 is 1.41 bits per heavy atom. The van der Waals surface area contributed by atoms with Gasteiger partial charge >= 0.3 is 6.18 Å². The number of fused-ring (bicyclic) bond motifs is 1. The summed E-state index contributed by atoms with van der Waals surface area (Å²) in [6, 6.07) is 3.03. The molecule has 2 aromatic heterocycles. The average Bonchev–Trinajstić information content (AvgIpc) is 2.64. The number of halogens is 3. The number of alkyl halides is 3. The molecule has 0 bridgehead atoms. The fraction of sp³-hybridized carbons (Fsp3) is 0.333. The lowest BCUT2D eigenvalue weighted by Crippen LogP contribution is -2.17. The van der Waals surface area contributed by atoms with Gasteiger partial charge in [0.2, 0.25) is 0 Å². The molecule has 2 N–H and O–H groups in total. The van der Waals surface area contributed by atoms with Gasteiger partial charge in [-0.3, -0.25) is 0 Å². The van der Waals surface area contributed by atoms with Crippen LogP contribution in [0.25, 0.3) is 5.65 Å². The minimum atomic E-state index is -4.34. The zero-order chi connectivity index (χ0) is 12.5. The third-order valence-electron chi connectivity index (χ3n) is 1.96. The predicted molar refractivity (Wildman–Crippen MR) is 53.1 cm³/mol. The van der Waals surface area contributed by atoms with Crippen LogP contribution in [0.5, 0.6) is 0 Å². The molecule has 0 aliphatic carbocycles. The van der Waals surface area contributed by atoms with E-state index >= 15 is 0 Å². The molecule has 0 amide bonds. The number of nitrogens with two attached hydrogens (primary N) is 1. The molecule has 92 valence electrons. The van der Waals surface area contributed by atoms with Gasteiger partial charge < -0.3 is 10.5 Å². The van der Waals surface area contributed by atoms with Gasteiger partial charge in [0.25, 0.3) is 0 Å². The molecule has 0 aliphatic heterocycles. The molecule has 2 heterocycles. The summed E-state index contributed by atoms with van der Waals surface area (Å²) in [5, 5.41) is 3.89. The van der Waals surface area contributed by atoms with Crippen LogP contribution in [0, 0.1) is 0 Å². The van der Waals surface area contributed by atoms with Crippen molar-refractivity contribution >= 4 is 11.5 Å². The van der Waals surface area contributed by atoms with Crippen molar-refractivity contribution in [3.8, 4) is 0 Å². The van der Waals surface area contributed by atoms with E-state index in [-0.39, 0.29) is 6.61 Å². The highest BCUT2D eigenvalue weighted by Crippen LogP contribution is 2.16. The van der Waals surface area contributed by atoms with Crippen molar-refractivity contribution in [3.63, 3.8) is 0 Å². The number of aromatic nitrogens is 3. The molecule has 5 nitrogen and oxygen atoms in total. The summed E-state index contributed by atoms with van der Waals surface area (Å²) in [5.74, 6) is 0.297. The molecule has 0 spiro atoms. The first kappa shape index (κ1) is 11.6. The Labute approximate surface area is 94.0 Å². The normalized spacial score (nSPS) is 12.2. The van der Waals surface area contributed by atoms with Gasteiger partial charge in [-0.05, 0) is 0 Å². The molecule has 0 atom stereocenters. The van der Waals surface area contributed by atoms with Crippen LogP contribution in [-0.4, -0.2) is 27.4 Å². The van der Waals surface area contributed by atoms with Gasteiger partial charge in [0.05, 0.1) is 18.5 Å². The van der Waals surface area contributed by atoms with Crippen molar-refractivity contribution in [2.75, 3.05) is 12.3 Å². The Balaban J connectivity index is 2.09. The van der Waals surface area contributed by atoms with E-state index in [9.17, 15) is 13.2 Å². The summed E-state index contributed by atoms with van der Waals surface area (Å²) in [7, 11) is 0. The Bertz CT molecular complexity index is 522. The number of ether oxygens (including phenoxy) is 1. The summed E-state index contributed by atoms with van der Waals surface area (Å²) >= 11 is 0. The van der Waals surface area contributed by atoms with E-state index in [1.54, 1.807) is 6.07 Å². The first-order chi connectivity index (χ1) is 7.96. The molecular weight excluding hydrogens is 237 g/mol. The molecule has 17 heavy (non-hydrogen) atoms. The molecule has 0 saturated carbocycles. The van der Waals surface area contributed by atoms with Crippen LogP contribution in [0.2, 0.25) is 0 Å². The second-order valence-corrected chi connectivity index (χ2v) is 3.38. The summed E-state index contributed by atoms with van der Waals surface area (Å²) in [6.45, 7) is -1.55. The number of hydrogen-bond donors (Lipinski definition) is 1. The third kappa shape index (κ3) is 2.84. The Kier molecular flexibility index (Phi) is 2.88. The van der Waals surface area contributed by atoms with E-state index in [4.69, 9.17) is 5.73 Å². The minimum Gasteiger partial charge on any atom is -0.384 e. The van der Waals surface area contributed by atoms with E-state index < -0.39 is 12.8 Å². The second-order valence-electron chi connectivity index (χ2n) is 3.38. The molecule has 0 aliphatic rings. The Morgan fingerprint density at radius 3 is 2.88 bits per heavy atom. The van der Waals surface area contributed by atoms with Gasteiger partial charge in [-0.25, -0.2) is 4.98 Å². The quantitative estimate of drug-likeness (QED) is 0.888. The van der Waals surface area contributed by atoms with Crippen LogP contribution in [0.4, 0.5) is 19.0 Å². The van der Waals surface area contributed by atoms with Crippen LogP contribution < -0.4 is 5.73 Å². The maximum atomic E-state index is 11.9. The smallest absolute Gasteiger partial charge is 0.384 e. The summed E-state index contributed by atoms with van der Waals surface area (Å²) < 4.78 is 41.4. The maximum Gasteiger partial charge on any atom is 0.411 e. The molecule has 0 saturated heterocycles. The SMILES string of the molecule is Nc1cc(COCC(F)(F)F)nc2ccnn12. The average molecular weight is 246 g/mol. The van der Waals surface area contributed by atoms with Crippen LogP contribution in [-0.2, 0) is 11.3 Å². The van der Waals surface area contributed by atoms with E-state index in [2.05, 4.69) is 14.8 Å². The molecule has 0 fully saturated rings. The van der Waals surface area contributed by atoms with E-state index in [1.807, 2.05) is 0 Å². The molecule has 0 aromatic carbocycles. The lowest BCUT2D eigenvalue weighted by molar-refractivity contribution is -0.176. The van der Waals surface area contributed by atoms with Crippen LogP contribution in [0.1, 0.15) is 5.69 Å². The number of hydrogen-bond acceptors (Lipinski definition) is 4. The van der Waals surface area contributed by atoms with Gasteiger partial charge in [0, 0.05) is 12.1 Å². The van der Waals surface area contributed by atoms with Gasteiger partial charge in [0.1, 0.15) is 12.4 Å². The van der Waals surface area contributed by atoms with Gasteiger partial charge in [-0.15, -0.1) is 0 Å². The zero-order valence-electron chi connectivity index (χ0n) is 8.61. The minimum absolute atomic E-state index is 0.245. The highest BCUT2D eigenvalue weighted by Gasteiger charge is 2.27. The van der Waals surface area contributed by atoms with Crippen molar-refractivity contribution < 1.29 is 17.9 Å². The Morgan fingerprint density at radius 2 is 2.18 bits per heavy atom. The predicted octanol–water partition coefficient (Wildman–Crippen LogP) is 1.39. The standard InChI is InChI=1S/C9H9F3N4O/c10-9(11,12)5-17-4-6-3-7(13)16-8(15-6)1-2-14-16/h1-3H,4-5,13H2. The Hall–Kier alpha value is -1.83. The van der Waals surface area contributed by atoms with Crippen molar-refractivity contribution in [3.05, 3.63) is 24.0 Å². The number of nitrogen functional groups attached to an aromatic ring is 1. The highest BCUT2D eigenvalue weighted by molar-refractivity contribution is 5.46. The highest BCUT2D eigenvalue weighted by atomic mass is 19.4. The monoisotopic (exact) mass is 246 g/mol. The van der Waals surface area contributed by atoms with E-state index in [1.165, 1.54) is 16.8 Å². The number of nitrogens with zero attached hydrogens (tertiary/aromatic N) is 3. The number of rotatable bonds is 3. The van der Waals surface area contributed by atoms with Crippen molar-refractivity contribution in [1.29, 1.82) is 0 Å². The summed E-state index contributed by atoms with van der Waals surface area (Å²) in [6.07, 6.45) is -2.84. The van der Waals surface area contributed by atoms with E-state index in [0.29, 0.717) is 17.2 Å². The lowest BCUT2D eigenvalue weighted by atomic mass is 10.4. The van der Waals surface area contributed by atoms with E-state index in [0.717, 1.165) is 0 Å². The van der Waals surface area contributed by atoms with Crippen molar-refractivity contribution in [1.82, 2.24) is 14.6 Å². The molecule has 2 rings (SSSR count). The number of anilines is 1. The molecule has 0 unspecified atom stereocenters.